The summed E-state index contributed by atoms with van der Waals surface area (Å²) in [6.45, 7) is 1.74. The number of carbonyl (C=O) groups excluding carboxylic acids is 2. The first-order valence-electron chi connectivity index (χ1n) is 7.48. The van der Waals surface area contributed by atoms with Gasteiger partial charge in [-0.05, 0) is 36.4 Å². The molecule has 0 aliphatic carbocycles. The maximum absolute atomic E-state index is 12.1. The first kappa shape index (κ1) is 17.8. The summed E-state index contributed by atoms with van der Waals surface area (Å²) in [6.07, 6.45) is 0.164. The van der Waals surface area contributed by atoms with E-state index in [1.54, 1.807) is 60.5 Å². The monoisotopic (exact) mass is 346 g/mol. The highest BCUT2D eigenvalue weighted by Gasteiger charge is 2.14. The largest absolute Gasteiger partial charge is 0.497 e. The normalized spacial score (nSPS) is 10.1. The van der Waals surface area contributed by atoms with Crippen molar-refractivity contribution < 1.29 is 14.3 Å². The number of para-hydroxylation sites is 1. The number of amides is 2. The zero-order chi connectivity index (χ0) is 17.5. The Labute approximate surface area is 146 Å². The standard InChI is InChI=1S/C18H19ClN2O3/c1-13(22)21(14-7-9-15(24-2)10-8-14)12-11-18(23)20-17-6-4-3-5-16(17)19/h3-10H,11-12H2,1-2H3,(H,20,23). The molecule has 0 saturated heterocycles. The van der Waals surface area contributed by atoms with E-state index in [4.69, 9.17) is 16.3 Å². The van der Waals surface area contributed by atoms with Crippen LogP contribution < -0.4 is 15.0 Å². The van der Waals surface area contributed by atoms with Crippen molar-refractivity contribution in [1.29, 1.82) is 0 Å². The van der Waals surface area contributed by atoms with Crippen LogP contribution in [-0.2, 0) is 9.59 Å². The minimum Gasteiger partial charge on any atom is -0.497 e. The molecule has 1 N–H and O–H groups in total. The molecule has 0 atom stereocenters. The topological polar surface area (TPSA) is 58.6 Å². The Morgan fingerprint density at radius 2 is 1.79 bits per heavy atom. The molecule has 2 aromatic rings. The van der Waals surface area contributed by atoms with E-state index >= 15 is 0 Å². The number of carbonyl (C=O) groups is 2. The Kier molecular flexibility index (Phi) is 6.21. The van der Waals surface area contributed by atoms with Gasteiger partial charge in [-0.1, -0.05) is 23.7 Å². The van der Waals surface area contributed by atoms with Gasteiger partial charge in [0.15, 0.2) is 0 Å². The third-order valence-electron chi connectivity index (χ3n) is 3.47. The Hall–Kier alpha value is -2.53. The third kappa shape index (κ3) is 4.73. The number of rotatable bonds is 6. The molecule has 0 saturated carbocycles. The average molecular weight is 347 g/mol. The van der Waals surface area contributed by atoms with Gasteiger partial charge in [-0.3, -0.25) is 9.59 Å². The van der Waals surface area contributed by atoms with Gasteiger partial charge in [-0.15, -0.1) is 0 Å². The van der Waals surface area contributed by atoms with Crippen LogP contribution in [0.2, 0.25) is 5.02 Å². The molecule has 6 heteroatoms. The molecule has 126 valence electrons. The van der Waals surface area contributed by atoms with Crippen LogP contribution >= 0.6 is 11.6 Å². The SMILES string of the molecule is COc1ccc(N(CCC(=O)Nc2ccccc2Cl)C(C)=O)cc1. The predicted molar refractivity (Wildman–Crippen MR) is 95.7 cm³/mol. The zero-order valence-electron chi connectivity index (χ0n) is 13.6. The molecule has 2 amide bonds. The number of nitrogens with zero attached hydrogens (tertiary/aromatic N) is 1. The molecular weight excluding hydrogens is 328 g/mol. The van der Waals surface area contributed by atoms with E-state index in [0.717, 1.165) is 0 Å². The summed E-state index contributed by atoms with van der Waals surface area (Å²) in [4.78, 5) is 25.5. The molecule has 0 spiro atoms. The van der Waals surface area contributed by atoms with Gasteiger partial charge in [0, 0.05) is 25.6 Å². The van der Waals surface area contributed by atoms with E-state index < -0.39 is 0 Å². The third-order valence-corrected chi connectivity index (χ3v) is 3.80. The van der Waals surface area contributed by atoms with E-state index in [1.807, 2.05) is 0 Å². The number of benzene rings is 2. The van der Waals surface area contributed by atoms with Crippen molar-refractivity contribution in [2.45, 2.75) is 13.3 Å². The minimum atomic E-state index is -0.206. The summed E-state index contributed by atoms with van der Waals surface area (Å²) in [5, 5.41) is 3.22. The summed E-state index contributed by atoms with van der Waals surface area (Å²) >= 11 is 6.01. The fourth-order valence-corrected chi connectivity index (χ4v) is 2.40. The molecule has 0 heterocycles. The average Bonchev–Trinajstić information content (AvgIpc) is 2.57. The van der Waals surface area contributed by atoms with Crippen LogP contribution in [0.1, 0.15) is 13.3 Å². The van der Waals surface area contributed by atoms with Crippen LogP contribution in [0.4, 0.5) is 11.4 Å². The minimum absolute atomic E-state index is 0.134. The number of anilines is 2. The molecule has 0 fully saturated rings. The maximum atomic E-state index is 12.1. The molecule has 0 aliphatic rings. The predicted octanol–water partition coefficient (Wildman–Crippen LogP) is 3.73. The van der Waals surface area contributed by atoms with E-state index in [-0.39, 0.29) is 24.8 Å². The van der Waals surface area contributed by atoms with Gasteiger partial charge in [-0.2, -0.15) is 0 Å². The molecule has 5 nitrogen and oxygen atoms in total. The van der Waals surface area contributed by atoms with Crippen LogP contribution in [0.25, 0.3) is 0 Å². The fourth-order valence-electron chi connectivity index (χ4n) is 2.22. The summed E-state index contributed by atoms with van der Waals surface area (Å²) in [7, 11) is 1.58. The smallest absolute Gasteiger partial charge is 0.226 e. The number of halogens is 1. The molecular formula is C18H19ClN2O3. The second-order valence-electron chi connectivity index (χ2n) is 5.15. The Morgan fingerprint density at radius 1 is 1.12 bits per heavy atom. The molecule has 0 unspecified atom stereocenters. The number of ether oxygens (including phenoxy) is 1. The number of methoxy groups -OCH3 is 1. The first-order valence-corrected chi connectivity index (χ1v) is 7.85. The molecule has 0 bridgehead atoms. The first-order chi connectivity index (χ1) is 11.5. The highest BCUT2D eigenvalue weighted by molar-refractivity contribution is 6.33. The van der Waals surface area contributed by atoms with E-state index in [2.05, 4.69) is 5.32 Å². The van der Waals surface area contributed by atoms with Crippen LogP contribution in [0.5, 0.6) is 5.75 Å². The van der Waals surface area contributed by atoms with Gasteiger partial charge in [0.05, 0.1) is 17.8 Å². The van der Waals surface area contributed by atoms with Crippen LogP contribution in [0.15, 0.2) is 48.5 Å². The lowest BCUT2D eigenvalue weighted by Crippen LogP contribution is -2.31. The second kappa shape index (κ2) is 8.36. The van der Waals surface area contributed by atoms with Gasteiger partial charge >= 0.3 is 0 Å². The van der Waals surface area contributed by atoms with Gasteiger partial charge in [0.2, 0.25) is 11.8 Å². The van der Waals surface area contributed by atoms with E-state index in [0.29, 0.717) is 22.1 Å². The molecule has 24 heavy (non-hydrogen) atoms. The fraction of sp³-hybridized carbons (Fsp3) is 0.222. The Morgan fingerprint density at radius 3 is 2.38 bits per heavy atom. The molecule has 2 aromatic carbocycles. The van der Waals surface area contributed by atoms with Gasteiger partial charge in [0.25, 0.3) is 0 Å². The zero-order valence-corrected chi connectivity index (χ0v) is 14.3. The quantitative estimate of drug-likeness (QED) is 0.867. The van der Waals surface area contributed by atoms with Crippen LogP contribution in [0.3, 0.4) is 0 Å². The van der Waals surface area contributed by atoms with E-state index in [1.165, 1.54) is 6.92 Å². The molecule has 2 rings (SSSR count). The lowest BCUT2D eigenvalue weighted by molar-refractivity contribution is -0.117. The van der Waals surface area contributed by atoms with Gasteiger partial charge in [-0.25, -0.2) is 0 Å². The molecule has 0 aliphatic heterocycles. The van der Waals surface area contributed by atoms with Crippen molar-refractivity contribution >= 4 is 34.8 Å². The Balaban J connectivity index is 1.99. The van der Waals surface area contributed by atoms with Gasteiger partial charge in [0.1, 0.15) is 5.75 Å². The van der Waals surface area contributed by atoms with Crippen molar-refractivity contribution in [3.63, 3.8) is 0 Å². The summed E-state index contributed by atoms with van der Waals surface area (Å²) in [6, 6.07) is 14.1. The molecule has 0 aromatic heterocycles. The van der Waals surface area contributed by atoms with Crippen molar-refractivity contribution in [3.8, 4) is 5.75 Å². The van der Waals surface area contributed by atoms with Gasteiger partial charge < -0.3 is 15.0 Å². The maximum Gasteiger partial charge on any atom is 0.226 e. The van der Waals surface area contributed by atoms with E-state index in [9.17, 15) is 9.59 Å². The second-order valence-corrected chi connectivity index (χ2v) is 5.55. The molecule has 0 radical (unpaired) electrons. The number of nitrogens with one attached hydrogen (secondary N) is 1. The van der Waals surface area contributed by atoms with Crippen molar-refractivity contribution in [1.82, 2.24) is 0 Å². The summed E-state index contributed by atoms with van der Waals surface area (Å²) in [5.41, 5.74) is 1.27. The number of hydrogen-bond donors (Lipinski definition) is 1. The highest BCUT2D eigenvalue weighted by atomic mass is 35.5. The lowest BCUT2D eigenvalue weighted by atomic mass is 10.2. The number of hydrogen-bond acceptors (Lipinski definition) is 3. The van der Waals surface area contributed by atoms with Crippen LogP contribution in [-0.4, -0.2) is 25.5 Å². The van der Waals surface area contributed by atoms with Crippen molar-refractivity contribution in [2.75, 3.05) is 23.9 Å². The lowest BCUT2D eigenvalue weighted by Gasteiger charge is -2.21. The van der Waals surface area contributed by atoms with Crippen molar-refractivity contribution in [2.24, 2.45) is 0 Å². The van der Waals surface area contributed by atoms with Crippen molar-refractivity contribution in [3.05, 3.63) is 53.6 Å². The highest BCUT2D eigenvalue weighted by Crippen LogP contribution is 2.22. The summed E-state index contributed by atoms with van der Waals surface area (Å²) < 4.78 is 5.11. The van der Waals surface area contributed by atoms with Crippen LogP contribution in [0, 0.1) is 0 Å². The Bertz CT molecular complexity index is 716. The summed E-state index contributed by atoms with van der Waals surface area (Å²) in [5.74, 6) is 0.368.